The second-order valence-electron chi connectivity index (χ2n) is 6.75. The summed E-state index contributed by atoms with van der Waals surface area (Å²) in [6.45, 7) is 1.42. The number of hydrogen-bond acceptors (Lipinski definition) is 3. The predicted octanol–water partition coefficient (Wildman–Crippen LogP) is 2.82. The summed E-state index contributed by atoms with van der Waals surface area (Å²) < 4.78 is 16.6. The van der Waals surface area contributed by atoms with Crippen molar-refractivity contribution in [3.05, 3.63) is 51.9 Å². The molecule has 3 heterocycles. The Morgan fingerprint density at radius 3 is 2.74 bits per heavy atom. The molecule has 1 fully saturated rings. The normalized spacial score (nSPS) is 14.3. The molecule has 140 valence electrons. The van der Waals surface area contributed by atoms with Gasteiger partial charge in [0.15, 0.2) is 0 Å². The summed E-state index contributed by atoms with van der Waals surface area (Å²) in [5, 5.41) is 0.370. The number of nitrogens with zero attached hydrogens (tertiary/aromatic N) is 4. The maximum atomic E-state index is 13.5. The van der Waals surface area contributed by atoms with Gasteiger partial charge >= 0.3 is 0 Å². The molecule has 8 heteroatoms. The van der Waals surface area contributed by atoms with Crippen molar-refractivity contribution < 1.29 is 9.18 Å². The highest BCUT2D eigenvalue weighted by molar-refractivity contribution is 6.31. The van der Waals surface area contributed by atoms with Crippen LogP contribution in [-0.4, -0.2) is 38.0 Å². The van der Waals surface area contributed by atoms with Crippen LogP contribution < -0.4 is 5.56 Å². The van der Waals surface area contributed by atoms with Crippen LogP contribution in [0.5, 0.6) is 0 Å². The first kappa shape index (κ1) is 17.7. The van der Waals surface area contributed by atoms with Crippen LogP contribution in [-0.2, 0) is 18.4 Å². The number of carbonyl (C=O) groups is 1. The molecule has 27 heavy (non-hydrogen) atoms. The molecule has 0 unspecified atom stereocenters. The van der Waals surface area contributed by atoms with Crippen LogP contribution in [0.3, 0.4) is 0 Å². The zero-order valence-electron chi connectivity index (χ0n) is 14.8. The number of carbonyl (C=O) groups excluding carboxylic acids is 1. The zero-order valence-corrected chi connectivity index (χ0v) is 15.5. The number of fused-ring (bicyclic) bond motifs is 1. The van der Waals surface area contributed by atoms with E-state index in [9.17, 15) is 14.0 Å². The highest BCUT2D eigenvalue weighted by Crippen LogP contribution is 2.29. The van der Waals surface area contributed by atoms with Crippen LogP contribution in [0, 0.1) is 5.82 Å². The fourth-order valence-electron chi connectivity index (χ4n) is 3.51. The van der Waals surface area contributed by atoms with Gasteiger partial charge in [-0.2, -0.15) is 0 Å². The SMILES string of the molecule is Cn1cc(-c2ccc(F)c(Cl)c2)c2c(=O)n(CC(=O)N3CCCC3)cnc21. The number of aromatic nitrogens is 3. The summed E-state index contributed by atoms with van der Waals surface area (Å²) in [7, 11) is 1.78. The molecule has 1 aliphatic rings. The van der Waals surface area contributed by atoms with Crippen molar-refractivity contribution in [3.63, 3.8) is 0 Å². The van der Waals surface area contributed by atoms with Gasteiger partial charge in [0.1, 0.15) is 24.3 Å². The number of rotatable bonds is 3. The average Bonchev–Trinajstić information content (AvgIpc) is 3.28. The monoisotopic (exact) mass is 388 g/mol. The van der Waals surface area contributed by atoms with E-state index in [1.165, 1.54) is 23.0 Å². The molecule has 4 rings (SSSR count). The molecule has 0 aliphatic carbocycles. The molecule has 3 aromatic rings. The first-order valence-corrected chi connectivity index (χ1v) is 9.11. The van der Waals surface area contributed by atoms with E-state index < -0.39 is 5.82 Å². The van der Waals surface area contributed by atoms with E-state index in [-0.39, 0.29) is 23.0 Å². The lowest BCUT2D eigenvalue weighted by molar-refractivity contribution is -0.130. The third-order valence-electron chi connectivity index (χ3n) is 4.94. The molecule has 1 aromatic carbocycles. The molecule has 0 N–H and O–H groups in total. The van der Waals surface area contributed by atoms with E-state index in [1.807, 2.05) is 0 Å². The minimum absolute atomic E-state index is 0.0158. The molecule has 0 saturated carbocycles. The molecular formula is C19H18ClFN4O2. The lowest BCUT2D eigenvalue weighted by atomic mass is 10.1. The van der Waals surface area contributed by atoms with E-state index in [0.29, 0.717) is 22.2 Å². The number of hydrogen-bond donors (Lipinski definition) is 0. The molecule has 1 saturated heterocycles. The van der Waals surface area contributed by atoms with Crippen molar-refractivity contribution in [1.82, 2.24) is 19.0 Å². The van der Waals surface area contributed by atoms with E-state index in [4.69, 9.17) is 11.6 Å². The Hall–Kier alpha value is -2.67. The third kappa shape index (κ3) is 3.12. The van der Waals surface area contributed by atoms with Crippen LogP contribution in [0.15, 0.2) is 35.5 Å². The van der Waals surface area contributed by atoms with E-state index >= 15 is 0 Å². The molecule has 1 amide bonds. The lowest BCUT2D eigenvalue weighted by Gasteiger charge is -2.15. The summed E-state index contributed by atoms with van der Waals surface area (Å²) in [6.07, 6.45) is 5.15. The van der Waals surface area contributed by atoms with Gasteiger partial charge in [0.2, 0.25) is 5.91 Å². The molecule has 0 radical (unpaired) electrons. The summed E-state index contributed by atoms with van der Waals surface area (Å²) in [5.74, 6) is -0.606. The second-order valence-corrected chi connectivity index (χ2v) is 7.15. The second kappa shape index (κ2) is 6.81. The van der Waals surface area contributed by atoms with Crippen LogP contribution in [0.1, 0.15) is 12.8 Å². The third-order valence-corrected chi connectivity index (χ3v) is 5.23. The van der Waals surface area contributed by atoms with Crippen LogP contribution >= 0.6 is 11.6 Å². The van der Waals surface area contributed by atoms with E-state index in [1.54, 1.807) is 28.8 Å². The van der Waals surface area contributed by atoms with Gasteiger partial charge in [0.05, 0.1) is 10.4 Å². The molecule has 1 aliphatic heterocycles. The van der Waals surface area contributed by atoms with Crippen molar-refractivity contribution in [1.29, 1.82) is 0 Å². The highest BCUT2D eigenvalue weighted by atomic mass is 35.5. The Morgan fingerprint density at radius 2 is 2.04 bits per heavy atom. The van der Waals surface area contributed by atoms with Crippen molar-refractivity contribution in [2.24, 2.45) is 7.05 Å². The van der Waals surface area contributed by atoms with Crippen LogP contribution in [0.4, 0.5) is 4.39 Å². The van der Waals surface area contributed by atoms with Gasteiger partial charge in [0, 0.05) is 31.9 Å². The minimum Gasteiger partial charge on any atom is -0.341 e. The fraction of sp³-hybridized carbons (Fsp3) is 0.316. The van der Waals surface area contributed by atoms with Gasteiger partial charge in [-0.15, -0.1) is 0 Å². The summed E-state index contributed by atoms with van der Waals surface area (Å²) in [6, 6.07) is 4.32. The van der Waals surface area contributed by atoms with Crippen LogP contribution in [0.2, 0.25) is 5.02 Å². The standard InChI is InChI=1S/C19H18ClFN4O2/c1-23-9-13(12-4-5-15(21)14(20)8-12)17-18(23)22-11-25(19(17)27)10-16(26)24-6-2-3-7-24/h4-5,8-9,11H,2-3,6-7,10H2,1H3. The molecule has 0 bridgehead atoms. The van der Waals surface area contributed by atoms with Crippen molar-refractivity contribution in [2.45, 2.75) is 19.4 Å². The minimum atomic E-state index is -0.521. The Labute approximate surface area is 159 Å². The van der Waals surface area contributed by atoms with Crippen molar-refractivity contribution in [3.8, 4) is 11.1 Å². The van der Waals surface area contributed by atoms with Crippen LogP contribution in [0.25, 0.3) is 22.2 Å². The van der Waals surface area contributed by atoms with Crippen molar-refractivity contribution in [2.75, 3.05) is 13.1 Å². The van der Waals surface area contributed by atoms with Gasteiger partial charge in [-0.25, -0.2) is 9.37 Å². The van der Waals surface area contributed by atoms with Crippen molar-refractivity contribution >= 4 is 28.5 Å². The maximum absolute atomic E-state index is 13.5. The first-order valence-electron chi connectivity index (χ1n) is 8.73. The highest BCUT2D eigenvalue weighted by Gasteiger charge is 2.21. The van der Waals surface area contributed by atoms with E-state index in [0.717, 1.165) is 25.9 Å². The van der Waals surface area contributed by atoms with Gasteiger partial charge in [0.25, 0.3) is 5.56 Å². The smallest absolute Gasteiger partial charge is 0.263 e. The Kier molecular flexibility index (Phi) is 4.47. The van der Waals surface area contributed by atoms with Gasteiger partial charge in [-0.3, -0.25) is 14.2 Å². The zero-order chi connectivity index (χ0) is 19.1. The molecule has 2 aromatic heterocycles. The molecular weight excluding hydrogens is 371 g/mol. The maximum Gasteiger partial charge on any atom is 0.263 e. The van der Waals surface area contributed by atoms with Gasteiger partial charge in [-0.05, 0) is 30.5 Å². The summed E-state index contributed by atoms with van der Waals surface area (Å²) in [4.78, 5) is 31.6. The summed E-state index contributed by atoms with van der Waals surface area (Å²) >= 11 is 5.90. The average molecular weight is 389 g/mol. The molecule has 0 spiro atoms. The number of benzene rings is 1. The quantitative estimate of drug-likeness (QED) is 0.693. The topological polar surface area (TPSA) is 60.1 Å². The number of aryl methyl sites for hydroxylation is 1. The summed E-state index contributed by atoms with van der Waals surface area (Å²) in [5.41, 5.74) is 1.42. The first-order chi connectivity index (χ1) is 13.0. The number of amides is 1. The van der Waals surface area contributed by atoms with Gasteiger partial charge in [-0.1, -0.05) is 17.7 Å². The fourth-order valence-corrected chi connectivity index (χ4v) is 3.69. The van der Waals surface area contributed by atoms with E-state index in [2.05, 4.69) is 4.98 Å². The Bertz CT molecular complexity index is 1100. The Morgan fingerprint density at radius 1 is 1.30 bits per heavy atom. The molecule has 6 nitrogen and oxygen atoms in total. The number of likely N-dealkylation sites (tertiary alicyclic amines) is 1. The van der Waals surface area contributed by atoms with Gasteiger partial charge < -0.3 is 9.47 Å². The lowest BCUT2D eigenvalue weighted by Crippen LogP contribution is -2.34. The Balaban J connectivity index is 1.80. The molecule has 0 atom stereocenters. The number of halogens is 2. The predicted molar refractivity (Wildman–Crippen MR) is 101 cm³/mol. The largest absolute Gasteiger partial charge is 0.341 e.